The first-order chi connectivity index (χ1) is 19.1. The zero-order valence-corrected chi connectivity index (χ0v) is 22.1. The molecule has 1 atom stereocenters. The molecule has 3 heterocycles. The molecule has 6 nitrogen and oxygen atoms in total. The fraction of sp³-hybridized carbons (Fsp3) is 0.121. The topological polar surface area (TPSA) is 57.8 Å². The molecule has 0 spiro atoms. The minimum atomic E-state index is -0.127. The summed E-state index contributed by atoms with van der Waals surface area (Å²) in [4.78, 5) is 12.8. The summed E-state index contributed by atoms with van der Waals surface area (Å²) in [6.45, 7) is 6.31. The largest absolute Gasteiger partial charge is 0.335 e. The van der Waals surface area contributed by atoms with Gasteiger partial charge in [-0.2, -0.15) is 5.10 Å². The first kappa shape index (κ1) is 23.2. The highest BCUT2D eigenvalue weighted by Gasteiger charge is 2.41. The number of aryl methyl sites for hydroxylation is 2. The van der Waals surface area contributed by atoms with Crippen LogP contribution < -0.4 is 10.2 Å². The molecule has 0 unspecified atom stereocenters. The molecule has 0 aliphatic carbocycles. The summed E-state index contributed by atoms with van der Waals surface area (Å²) in [5.74, 6) is 2.31. The molecular weight excluding hydrogens is 480 g/mol. The molecule has 5 aromatic rings. The average molecular weight is 509 g/mol. The van der Waals surface area contributed by atoms with E-state index in [-0.39, 0.29) is 6.04 Å². The van der Waals surface area contributed by atoms with E-state index in [1.54, 1.807) is 0 Å². The van der Waals surface area contributed by atoms with Crippen molar-refractivity contribution in [2.75, 3.05) is 10.2 Å². The van der Waals surface area contributed by atoms with E-state index >= 15 is 0 Å². The highest BCUT2D eigenvalue weighted by molar-refractivity contribution is 6.52. The first-order valence-corrected chi connectivity index (χ1v) is 13.2. The number of nitrogens with zero attached hydrogens (tertiary/aromatic N) is 5. The van der Waals surface area contributed by atoms with Gasteiger partial charge in [0.05, 0.1) is 34.5 Å². The zero-order valence-electron chi connectivity index (χ0n) is 22.1. The van der Waals surface area contributed by atoms with Crippen LogP contribution in [0.5, 0.6) is 0 Å². The Labute approximate surface area is 228 Å². The second kappa shape index (κ2) is 9.10. The van der Waals surface area contributed by atoms with Crippen LogP contribution in [0.3, 0.4) is 0 Å². The normalized spacial score (nSPS) is 16.7. The maximum Gasteiger partial charge on any atom is 0.179 e. The third-order valence-corrected chi connectivity index (χ3v) is 7.61. The van der Waals surface area contributed by atoms with Gasteiger partial charge in [-0.3, -0.25) is 0 Å². The standard InChI is InChI=1S/C33H28N6/c1-21-13-12-19-26(22(21)2)34-31-33-36-32-29(23(3)37-39(32)25-16-8-5-9-17-25)30(24-14-6-4-7-15-24)38(33)28-20-11-10-18-27(28)35-31/h4-20,30H,1-3H3,(H,34,35)/t30-/m0/s1. The van der Waals surface area contributed by atoms with E-state index in [4.69, 9.17) is 15.1 Å². The van der Waals surface area contributed by atoms with Crippen LogP contribution in [0.1, 0.15) is 34.0 Å². The number of aromatic nitrogens is 2. The van der Waals surface area contributed by atoms with Gasteiger partial charge in [0.15, 0.2) is 17.5 Å². The lowest BCUT2D eigenvalue weighted by molar-refractivity contribution is 0.816. The number of para-hydroxylation sites is 3. The lowest BCUT2D eigenvalue weighted by Crippen LogP contribution is -2.48. The van der Waals surface area contributed by atoms with Crippen molar-refractivity contribution < 1.29 is 0 Å². The van der Waals surface area contributed by atoms with Gasteiger partial charge in [-0.25, -0.2) is 14.7 Å². The molecule has 0 radical (unpaired) electrons. The summed E-state index contributed by atoms with van der Waals surface area (Å²) in [5.41, 5.74) is 9.53. The molecule has 2 aliphatic heterocycles. The lowest BCUT2D eigenvalue weighted by atomic mass is 9.93. The minimum Gasteiger partial charge on any atom is -0.335 e. The summed E-state index contributed by atoms with van der Waals surface area (Å²) in [5, 5.41) is 8.62. The molecule has 1 aromatic heterocycles. The van der Waals surface area contributed by atoms with E-state index in [9.17, 15) is 0 Å². The number of aliphatic imine (C=N–C) groups is 2. The minimum absolute atomic E-state index is 0.127. The predicted molar refractivity (Wildman–Crippen MR) is 159 cm³/mol. The van der Waals surface area contributed by atoms with Crippen molar-refractivity contribution in [3.63, 3.8) is 0 Å². The molecule has 0 bridgehead atoms. The Hall–Kier alpha value is -4.97. The Morgan fingerprint density at radius 1 is 0.769 bits per heavy atom. The predicted octanol–water partition coefficient (Wildman–Crippen LogP) is 7.59. The van der Waals surface area contributed by atoms with Crippen LogP contribution in [0.25, 0.3) is 5.69 Å². The van der Waals surface area contributed by atoms with Gasteiger partial charge < -0.3 is 10.2 Å². The van der Waals surface area contributed by atoms with E-state index in [1.807, 2.05) is 22.9 Å². The number of hydrogen-bond acceptors (Lipinski definition) is 4. The Kier molecular flexibility index (Phi) is 5.40. The third kappa shape index (κ3) is 3.76. The van der Waals surface area contributed by atoms with Gasteiger partial charge >= 0.3 is 0 Å². The fourth-order valence-electron chi connectivity index (χ4n) is 5.51. The summed E-state index contributed by atoms with van der Waals surface area (Å²) < 4.78 is 1.96. The maximum atomic E-state index is 5.32. The van der Waals surface area contributed by atoms with E-state index < -0.39 is 0 Å². The summed E-state index contributed by atoms with van der Waals surface area (Å²) in [6.07, 6.45) is 0. The number of anilines is 2. The second-order valence-electron chi connectivity index (χ2n) is 10.0. The molecule has 39 heavy (non-hydrogen) atoms. The molecule has 0 amide bonds. The van der Waals surface area contributed by atoms with Gasteiger partial charge in [0, 0.05) is 5.56 Å². The van der Waals surface area contributed by atoms with Crippen molar-refractivity contribution in [3.05, 3.63) is 131 Å². The van der Waals surface area contributed by atoms with Gasteiger partial charge in [0.1, 0.15) is 0 Å². The van der Waals surface area contributed by atoms with Crippen molar-refractivity contribution in [1.82, 2.24) is 9.78 Å². The molecule has 0 saturated heterocycles. The van der Waals surface area contributed by atoms with E-state index in [1.165, 1.54) is 11.1 Å². The molecule has 2 aliphatic rings. The van der Waals surface area contributed by atoms with Crippen molar-refractivity contribution >= 4 is 34.6 Å². The van der Waals surface area contributed by atoms with Crippen LogP contribution in [0, 0.1) is 20.8 Å². The highest BCUT2D eigenvalue weighted by Crippen LogP contribution is 2.47. The van der Waals surface area contributed by atoms with E-state index in [0.717, 1.165) is 51.2 Å². The second-order valence-corrected chi connectivity index (χ2v) is 10.0. The molecular formula is C33H28N6. The van der Waals surface area contributed by atoms with Gasteiger partial charge in [-0.1, -0.05) is 72.8 Å². The summed E-state index contributed by atoms with van der Waals surface area (Å²) >= 11 is 0. The molecule has 0 saturated carbocycles. The van der Waals surface area contributed by atoms with Crippen molar-refractivity contribution in [2.45, 2.75) is 26.8 Å². The number of rotatable bonds is 3. The van der Waals surface area contributed by atoms with E-state index in [0.29, 0.717) is 5.84 Å². The number of nitrogens with one attached hydrogen (secondary N) is 1. The van der Waals surface area contributed by atoms with Crippen LogP contribution >= 0.6 is 0 Å². The smallest absolute Gasteiger partial charge is 0.179 e. The number of benzene rings is 4. The fourth-order valence-corrected chi connectivity index (χ4v) is 5.51. The van der Waals surface area contributed by atoms with Crippen molar-refractivity contribution in [3.8, 4) is 5.69 Å². The van der Waals surface area contributed by atoms with Crippen molar-refractivity contribution in [1.29, 1.82) is 0 Å². The van der Waals surface area contributed by atoms with Gasteiger partial charge in [-0.15, -0.1) is 0 Å². The molecule has 7 rings (SSSR count). The van der Waals surface area contributed by atoms with Crippen LogP contribution in [-0.2, 0) is 0 Å². The van der Waals surface area contributed by atoms with Gasteiger partial charge in [0.25, 0.3) is 0 Å². The third-order valence-electron chi connectivity index (χ3n) is 7.61. The maximum absolute atomic E-state index is 5.32. The molecule has 190 valence electrons. The quantitative estimate of drug-likeness (QED) is 0.273. The Balaban J connectivity index is 1.54. The number of fused-ring (bicyclic) bond motifs is 4. The van der Waals surface area contributed by atoms with Crippen LogP contribution in [0.15, 0.2) is 113 Å². The molecule has 6 heteroatoms. The lowest BCUT2D eigenvalue weighted by Gasteiger charge is -2.41. The molecule has 1 N–H and O–H groups in total. The van der Waals surface area contributed by atoms with Gasteiger partial charge in [-0.05, 0) is 67.8 Å². The van der Waals surface area contributed by atoms with Crippen molar-refractivity contribution in [2.24, 2.45) is 9.98 Å². The number of hydrogen-bond donors (Lipinski definition) is 1. The Bertz CT molecular complexity index is 1770. The van der Waals surface area contributed by atoms with Gasteiger partial charge in [0.2, 0.25) is 0 Å². The average Bonchev–Trinajstić information content (AvgIpc) is 3.31. The molecule has 0 fully saturated rings. The van der Waals surface area contributed by atoms with Crippen LogP contribution in [0.4, 0.5) is 22.9 Å². The van der Waals surface area contributed by atoms with E-state index in [2.05, 4.69) is 116 Å². The number of amidine groups is 2. The first-order valence-electron chi connectivity index (χ1n) is 13.2. The SMILES string of the molecule is Cc1cccc(N=C2Nc3ccccc3N3C2=Nc2c(c(C)nn2-c2ccccc2)[C@@H]3c2ccccc2)c1C. The van der Waals surface area contributed by atoms with Crippen LogP contribution in [0.2, 0.25) is 0 Å². The van der Waals surface area contributed by atoms with Crippen LogP contribution in [-0.4, -0.2) is 21.5 Å². The highest BCUT2D eigenvalue weighted by atomic mass is 15.4. The molecule has 4 aromatic carbocycles. The monoisotopic (exact) mass is 508 g/mol. The summed E-state index contributed by atoms with van der Waals surface area (Å²) in [7, 11) is 0. The summed E-state index contributed by atoms with van der Waals surface area (Å²) in [6, 6.07) is 35.3. The Morgan fingerprint density at radius 3 is 2.28 bits per heavy atom. The Morgan fingerprint density at radius 2 is 1.49 bits per heavy atom. The zero-order chi connectivity index (χ0) is 26.5.